The Bertz CT molecular complexity index is 385. The van der Waals surface area contributed by atoms with Crippen molar-refractivity contribution in [2.24, 2.45) is 5.41 Å². The van der Waals surface area contributed by atoms with Gasteiger partial charge in [-0.25, -0.2) is 0 Å². The molecule has 16 heavy (non-hydrogen) atoms. The molecule has 1 aromatic carbocycles. The lowest BCUT2D eigenvalue weighted by Gasteiger charge is -2.27. The van der Waals surface area contributed by atoms with Crippen LogP contribution in [-0.2, 0) is 6.42 Å². The smallest absolute Gasteiger partial charge is 0.0378 e. The molecule has 0 aliphatic carbocycles. The van der Waals surface area contributed by atoms with E-state index in [1.165, 1.54) is 16.8 Å². The van der Waals surface area contributed by atoms with Crippen molar-refractivity contribution in [1.82, 2.24) is 0 Å². The minimum atomic E-state index is 0.330. The number of fused-ring (bicyclic) bond motifs is 1. The zero-order valence-electron chi connectivity index (χ0n) is 11.1. The SMILES string of the molecule is CC(C)c1ccc2c(c1)NC(C(C)(C)C)C2. The molecule has 1 unspecified atom stereocenters. The van der Waals surface area contributed by atoms with Crippen molar-refractivity contribution in [3.8, 4) is 0 Å². The van der Waals surface area contributed by atoms with Crippen LogP contribution in [-0.4, -0.2) is 6.04 Å². The lowest BCUT2D eigenvalue weighted by atomic mass is 9.85. The summed E-state index contributed by atoms with van der Waals surface area (Å²) >= 11 is 0. The summed E-state index contributed by atoms with van der Waals surface area (Å²) in [6.45, 7) is 11.4. The van der Waals surface area contributed by atoms with E-state index in [1.807, 2.05) is 0 Å². The molecule has 1 heterocycles. The number of anilines is 1. The normalized spacial score (nSPS) is 19.8. The van der Waals surface area contributed by atoms with Gasteiger partial charge >= 0.3 is 0 Å². The van der Waals surface area contributed by atoms with Crippen LogP contribution in [0.1, 0.15) is 51.7 Å². The molecule has 1 nitrogen and oxygen atoms in total. The molecule has 1 aliphatic rings. The Kier molecular flexibility index (Phi) is 2.73. The van der Waals surface area contributed by atoms with Crippen molar-refractivity contribution in [2.45, 2.75) is 53.0 Å². The third kappa shape index (κ3) is 2.09. The molecule has 0 spiro atoms. The summed E-state index contributed by atoms with van der Waals surface area (Å²) in [6.07, 6.45) is 1.16. The van der Waals surface area contributed by atoms with Gasteiger partial charge in [0.15, 0.2) is 0 Å². The van der Waals surface area contributed by atoms with Crippen molar-refractivity contribution >= 4 is 5.69 Å². The van der Waals surface area contributed by atoms with Crippen LogP contribution in [0.2, 0.25) is 0 Å². The van der Waals surface area contributed by atoms with Crippen molar-refractivity contribution in [3.05, 3.63) is 29.3 Å². The van der Waals surface area contributed by atoms with E-state index in [0.29, 0.717) is 17.4 Å². The van der Waals surface area contributed by atoms with E-state index in [-0.39, 0.29) is 0 Å². The molecule has 88 valence electrons. The first-order valence-electron chi connectivity index (χ1n) is 6.27. The predicted octanol–water partition coefficient (Wildman–Crippen LogP) is 4.19. The summed E-state index contributed by atoms with van der Waals surface area (Å²) in [7, 11) is 0. The molecule has 0 saturated heterocycles. The Hall–Kier alpha value is -0.980. The van der Waals surface area contributed by atoms with Crippen LogP contribution in [0.5, 0.6) is 0 Å². The lowest BCUT2D eigenvalue weighted by molar-refractivity contribution is 0.347. The fourth-order valence-electron chi connectivity index (χ4n) is 2.25. The maximum atomic E-state index is 3.67. The molecule has 1 heteroatoms. The van der Waals surface area contributed by atoms with Crippen molar-refractivity contribution in [3.63, 3.8) is 0 Å². The van der Waals surface area contributed by atoms with E-state index in [4.69, 9.17) is 0 Å². The topological polar surface area (TPSA) is 12.0 Å². The highest BCUT2D eigenvalue weighted by molar-refractivity contribution is 5.59. The van der Waals surface area contributed by atoms with Crippen molar-refractivity contribution in [2.75, 3.05) is 5.32 Å². The molecule has 0 bridgehead atoms. The fraction of sp³-hybridized carbons (Fsp3) is 0.600. The lowest BCUT2D eigenvalue weighted by Crippen LogP contribution is -2.31. The van der Waals surface area contributed by atoms with E-state index < -0.39 is 0 Å². The Morgan fingerprint density at radius 1 is 1.25 bits per heavy atom. The Labute approximate surface area is 99.3 Å². The zero-order valence-corrected chi connectivity index (χ0v) is 11.1. The van der Waals surface area contributed by atoms with E-state index in [2.05, 4.69) is 58.1 Å². The number of hydrogen-bond donors (Lipinski definition) is 1. The van der Waals surface area contributed by atoms with Gasteiger partial charge in [0, 0.05) is 11.7 Å². The summed E-state index contributed by atoms with van der Waals surface area (Å²) in [5.74, 6) is 0.612. The number of rotatable bonds is 1. The van der Waals surface area contributed by atoms with Gasteiger partial charge in [-0.2, -0.15) is 0 Å². The third-order valence-electron chi connectivity index (χ3n) is 3.60. The standard InChI is InChI=1S/C15H23N/c1-10(2)11-6-7-12-9-14(15(3,4)5)16-13(12)8-11/h6-8,10,14,16H,9H2,1-5H3. The van der Waals surface area contributed by atoms with Gasteiger partial charge in [-0.3, -0.25) is 0 Å². The highest BCUT2D eigenvalue weighted by atomic mass is 15.0. The quantitative estimate of drug-likeness (QED) is 0.743. The highest BCUT2D eigenvalue weighted by Crippen LogP contribution is 2.35. The number of hydrogen-bond acceptors (Lipinski definition) is 1. The van der Waals surface area contributed by atoms with Crippen LogP contribution < -0.4 is 5.32 Å². The van der Waals surface area contributed by atoms with E-state index in [9.17, 15) is 0 Å². The Morgan fingerprint density at radius 2 is 1.94 bits per heavy atom. The second kappa shape index (κ2) is 3.80. The largest absolute Gasteiger partial charge is 0.381 e. The summed E-state index contributed by atoms with van der Waals surface area (Å²) in [5, 5.41) is 3.67. The minimum Gasteiger partial charge on any atom is -0.381 e. The van der Waals surface area contributed by atoms with Crippen LogP contribution in [0.3, 0.4) is 0 Å². The molecule has 1 N–H and O–H groups in total. The molecule has 0 saturated carbocycles. The van der Waals surface area contributed by atoms with Gasteiger partial charge in [-0.05, 0) is 34.9 Å². The molecular weight excluding hydrogens is 194 g/mol. The van der Waals surface area contributed by atoms with Crippen LogP contribution in [0.4, 0.5) is 5.69 Å². The minimum absolute atomic E-state index is 0.330. The van der Waals surface area contributed by atoms with Crippen molar-refractivity contribution in [1.29, 1.82) is 0 Å². The highest BCUT2D eigenvalue weighted by Gasteiger charge is 2.30. The fourth-order valence-corrected chi connectivity index (χ4v) is 2.25. The number of benzene rings is 1. The summed E-state index contributed by atoms with van der Waals surface area (Å²) < 4.78 is 0. The Morgan fingerprint density at radius 3 is 2.50 bits per heavy atom. The number of nitrogens with one attached hydrogen (secondary N) is 1. The summed E-state index contributed by atoms with van der Waals surface area (Å²) in [4.78, 5) is 0. The average Bonchev–Trinajstić information content (AvgIpc) is 2.58. The molecule has 0 aromatic heterocycles. The maximum absolute atomic E-state index is 3.67. The first kappa shape index (κ1) is 11.5. The molecule has 1 aromatic rings. The van der Waals surface area contributed by atoms with Gasteiger partial charge in [0.2, 0.25) is 0 Å². The maximum Gasteiger partial charge on any atom is 0.0378 e. The van der Waals surface area contributed by atoms with Gasteiger partial charge in [0.25, 0.3) is 0 Å². The predicted molar refractivity (Wildman–Crippen MR) is 71.1 cm³/mol. The second-order valence-electron chi connectivity index (χ2n) is 6.34. The van der Waals surface area contributed by atoms with Crippen LogP contribution >= 0.6 is 0 Å². The molecule has 0 radical (unpaired) electrons. The molecule has 0 fully saturated rings. The van der Waals surface area contributed by atoms with E-state index in [1.54, 1.807) is 0 Å². The van der Waals surface area contributed by atoms with Crippen molar-refractivity contribution < 1.29 is 0 Å². The second-order valence-corrected chi connectivity index (χ2v) is 6.34. The van der Waals surface area contributed by atoms with Gasteiger partial charge < -0.3 is 5.32 Å². The van der Waals surface area contributed by atoms with Gasteiger partial charge in [0.1, 0.15) is 0 Å². The Balaban J connectivity index is 2.25. The monoisotopic (exact) mass is 217 g/mol. The van der Waals surface area contributed by atoms with Crippen LogP contribution in [0.25, 0.3) is 0 Å². The first-order valence-corrected chi connectivity index (χ1v) is 6.27. The summed E-state index contributed by atoms with van der Waals surface area (Å²) in [5.41, 5.74) is 4.59. The molecule has 2 rings (SSSR count). The van der Waals surface area contributed by atoms with Gasteiger partial charge in [-0.1, -0.05) is 46.8 Å². The zero-order chi connectivity index (χ0) is 11.9. The van der Waals surface area contributed by atoms with Crippen LogP contribution in [0, 0.1) is 5.41 Å². The first-order chi connectivity index (χ1) is 7.38. The van der Waals surface area contributed by atoms with E-state index >= 15 is 0 Å². The molecule has 1 atom stereocenters. The van der Waals surface area contributed by atoms with Gasteiger partial charge in [0.05, 0.1) is 0 Å². The summed E-state index contributed by atoms with van der Waals surface area (Å²) in [6, 6.07) is 7.47. The third-order valence-corrected chi connectivity index (χ3v) is 3.60. The molecule has 1 aliphatic heterocycles. The molecule has 0 amide bonds. The van der Waals surface area contributed by atoms with Crippen LogP contribution in [0.15, 0.2) is 18.2 Å². The molecular formula is C15H23N. The average molecular weight is 217 g/mol. The van der Waals surface area contributed by atoms with Gasteiger partial charge in [-0.15, -0.1) is 0 Å². The van der Waals surface area contributed by atoms with E-state index in [0.717, 1.165) is 6.42 Å².